The summed E-state index contributed by atoms with van der Waals surface area (Å²) in [5.74, 6) is 9.18. The van der Waals surface area contributed by atoms with Crippen molar-refractivity contribution in [1.82, 2.24) is 24.4 Å². The van der Waals surface area contributed by atoms with Gasteiger partial charge in [0.2, 0.25) is 11.7 Å². The number of phosphoric ester groups is 1. The third-order valence-corrected chi connectivity index (χ3v) is 31.3. The van der Waals surface area contributed by atoms with Crippen molar-refractivity contribution < 1.29 is 70.4 Å². The second kappa shape index (κ2) is 63.8. The van der Waals surface area contributed by atoms with Crippen LogP contribution in [-0.2, 0) is 52.3 Å². The van der Waals surface area contributed by atoms with E-state index in [-0.39, 0.29) is 37.9 Å². The highest BCUT2D eigenvalue weighted by Crippen LogP contribution is 2.55. The van der Waals surface area contributed by atoms with Crippen LogP contribution in [0.15, 0.2) is 159 Å². The van der Waals surface area contributed by atoms with E-state index in [1.165, 1.54) is 154 Å². The van der Waals surface area contributed by atoms with Gasteiger partial charge in [-0.15, -0.1) is 0 Å². The van der Waals surface area contributed by atoms with Crippen molar-refractivity contribution in [3.8, 4) is 34.8 Å². The summed E-state index contributed by atoms with van der Waals surface area (Å²) in [5, 5.41) is 13.2. The number of H-pyrrole nitrogens is 2. The number of aromatic nitrogens is 4. The van der Waals surface area contributed by atoms with Crippen LogP contribution in [0.3, 0.4) is 0 Å². The summed E-state index contributed by atoms with van der Waals surface area (Å²) >= 11 is 0. The minimum Gasteiger partial charge on any atom is -0.497 e. The number of ether oxygens (including phenoxy) is 9. The van der Waals surface area contributed by atoms with Crippen LogP contribution >= 0.6 is 7.82 Å². The van der Waals surface area contributed by atoms with Gasteiger partial charge in [0.15, 0.2) is 11.5 Å². The predicted molar refractivity (Wildman–Crippen MR) is 581 cm³/mol. The average Bonchev–Trinajstić information content (AvgIpc) is 0.995. The maximum Gasteiger partial charge on any atom is 0.475 e. The number of nitrogens with zero attached hydrogens (tertiary/aromatic N) is 3. The molecule has 2 saturated heterocycles. The molecule has 0 radical (unpaired) electrons. The zero-order valence-electron chi connectivity index (χ0n) is 91.8. The number of carbonyl (C=O) groups excluding carboxylic acids is 2. The molecule has 2 fully saturated rings. The van der Waals surface area contributed by atoms with Gasteiger partial charge in [0.1, 0.15) is 54.0 Å². The summed E-state index contributed by atoms with van der Waals surface area (Å²) in [6, 6.07) is 40.2. The van der Waals surface area contributed by atoms with Crippen molar-refractivity contribution in [3.63, 3.8) is 0 Å². The van der Waals surface area contributed by atoms with E-state index in [1.54, 1.807) is 14.2 Å². The first-order valence-electron chi connectivity index (χ1n) is 55.6. The van der Waals surface area contributed by atoms with Crippen molar-refractivity contribution in [2.75, 3.05) is 53.9 Å². The van der Waals surface area contributed by atoms with Gasteiger partial charge < -0.3 is 47.9 Å². The molecule has 9 rings (SSSR count). The Kier molecular flexibility index (Phi) is 52.6. The molecule has 2 aliphatic rings. The van der Waals surface area contributed by atoms with E-state index in [0.29, 0.717) is 106 Å². The van der Waals surface area contributed by atoms with Crippen LogP contribution in [0.1, 0.15) is 380 Å². The van der Waals surface area contributed by atoms with Gasteiger partial charge in [0.25, 0.3) is 11.1 Å². The molecule has 0 spiro atoms. The van der Waals surface area contributed by atoms with E-state index in [9.17, 15) is 29.2 Å². The maximum absolute atomic E-state index is 15.8. The number of hydrogen-bond acceptors (Lipinski definition) is 20. The summed E-state index contributed by atoms with van der Waals surface area (Å²) < 4.78 is 96.4. The molecule has 5 aromatic carbocycles. The topological polar surface area (TPSA) is 308 Å². The van der Waals surface area contributed by atoms with Crippen LogP contribution in [0.2, 0.25) is 0 Å². The lowest BCUT2D eigenvalue weighted by Crippen LogP contribution is -2.38. The number of aromatic amines is 2. The number of hydrogen-bond donors (Lipinski definition) is 3. The monoisotopic (exact) mass is 2040 g/mol. The number of carbonyl (C=O) groups is 2. The predicted octanol–water partition coefficient (Wildman–Crippen LogP) is 27.6. The van der Waals surface area contributed by atoms with E-state index >= 15 is 9.36 Å². The van der Waals surface area contributed by atoms with Crippen LogP contribution in [0.5, 0.6) is 28.7 Å². The fourth-order valence-electron chi connectivity index (χ4n) is 20.4. The first-order valence-corrected chi connectivity index (χ1v) is 57.1. The molecule has 2 aromatic heterocycles. The standard InChI is InChI=1S/C120H181N6O19P/c1-84(2)35-25-38-87(7)41-28-44-90(10)47-31-50-93(13)68-74-136-106-77-98(78-107(137-75-69-94(14)51-32-48-91(11)45-29-42-88(8)39-26-36-85(3)4)116(106)138-76-70-95(15)52-33-49-92(12)46-30-43-89(9)40-27-37-86(5)6)115(97-53-21-19-22-54-97)122-110(127)65-66-114(129)144-104-79-113(126-81-96(16)117(130)124-119(126)132)143-109(104)83-141-146(133,140-73-34-71-121)145-105-80-112(125-72-67-111(128)123-118(125)131)142-108(105)82-139-120(99-55-23-20-24-56-99,100-57-61-102(134-17)62-58-100)101-59-63-103(135-18)64-60-101/h19-24,53-64,67,72,77-78,81,84-95,104-105,108-109,112-113,115H,25-52,65-66,68-70,73-76,79-80,82-83H2,1-18H3,(H,122,127)(H,123,128,131)(H,124,130,132)/t87?,88?,89?,90?,91?,92?,93?,94?,95?,104-,105-,108+,109+,112+,113+,115?,146?/m0/s1. The van der Waals surface area contributed by atoms with Crippen LogP contribution in [0.4, 0.5) is 0 Å². The third-order valence-electron chi connectivity index (χ3n) is 29.8. The quantitative estimate of drug-likeness (QED) is 0.0138. The van der Waals surface area contributed by atoms with E-state index in [0.717, 1.165) is 114 Å². The van der Waals surface area contributed by atoms with Gasteiger partial charge in [-0.3, -0.25) is 51.9 Å². The Morgan fingerprint density at radius 2 is 0.856 bits per heavy atom. The Morgan fingerprint density at radius 1 is 0.459 bits per heavy atom. The molecule has 4 heterocycles. The second-order valence-corrected chi connectivity index (χ2v) is 46.0. The van der Waals surface area contributed by atoms with Crippen molar-refractivity contribution in [2.24, 2.45) is 71.0 Å². The van der Waals surface area contributed by atoms with Crippen molar-refractivity contribution >= 4 is 19.7 Å². The molecular formula is C120H181N6O19P. The highest BCUT2D eigenvalue weighted by Gasteiger charge is 2.48. The number of nitriles is 1. The van der Waals surface area contributed by atoms with E-state index in [2.05, 4.69) is 119 Å². The summed E-state index contributed by atoms with van der Waals surface area (Å²) in [5.41, 5.74) is -0.723. The Balaban J connectivity index is 0.971. The number of aryl methyl sites for hydroxylation is 1. The molecule has 3 N–H and O–H groups in total. The van der Waals surface area contributed by atoms with Crippen LogP contribution < -0.4 is 51.5 Å². The van der Waals surface area contributed by atoms with E-state index in [1.807, 2.05) is 127 Å². The minimum absolute atomic E-state index is 0.170. The fourth-order valence-corrected chi connectivity index (χ4v) is 21.8. The fraction of sp³-hybridized carbons (Fsp3) is 0.658. The highest BCUT2D eigenvalue weighted by atomic mass is 31.2. The number of phosphoric acid groups is 1. The molecule has 0 bridgehead atoms. The number of nitrogens with one attached hydrogen (secondary N) is 3. The van der Waals surface area contributed by atoms with Gasteiger partial charge in [-0.1, -0.05) is 362 Å². The molecule has 7 aromatic rings. The first kappa shape index (κ1) is 120. The molecule has 0 aliphatic carbocycles. The van der Waals surface area contributed by atoms with E-state index in [4.69, 9.17) is 56.2 Å². The summed E-state index contributed by atoms with van der Waals surface area (Å²) in [4.78, 5) is 87.4. The number of rotatable bonds is 73. The Bertz CT molecular complexity index is 5130. The van der Waals surface area contributed by atoms with Crippen molar-refractivity contribution in [3.05, 3.63) is 215 Å². The summed E-state index contributed by atoms with van der Waals surface area (Å²) in [6.45, 7) is 36.7. The van der Waals surface area contributed by atoms with Crippen LogP contribution in [-0.4, -0.2) is 109 Å². The van der Waals surface area contributed by atoms with Crippen molar-refractivity contribution in [2.45, 2.75) is 384 Å². The number of benzene rings is 5. The molecule has 810 valence electrons. The van der Waals surface area contributed by atoms with Gasteiger partial charge in [-0.05, 0) is 161 Å². The summed E-state index contributed by atoms with van der Waals surface area (Å²) in [6.07, 6.45) is 29.6. The second-order valence-electron chi connectivity index (χ2n) is 44.4. The molecule has 0 saturated carbocycles. The molecule has 25 nitrogen and oxygen atoms in total. The number of methoxy groups -OCH3 is 2. The van der Waals surface area contributed by atoms with Gasteiger partial charge in [-0.25, -0.2) is 14.2 Å². The Labute approximate surface area is 873 Å². The Hall–Kier alpha value is -9.12. The molecule has 26 heteroatoms. The highest BCUT2D eigenvalue weighted by molar-refractivity contribution is 7.48. The Morgan fingerprint density at radius 3 is 1.29 bits per heavy atom. The number of esters is 1. The smallest absolute Gasteiger partial charge is 0.475 e. The lowest BCUT2D eigenvalue weighted by Gasteiger charge is -2.37. The average molecular weight is 2040 g/mol. The maximum atomic E-state index is 15.8. The lowest BCUT2D eigenvalue weighted by atomic mass is 9.80. The third kappa shape index (κ3) is 41.3. The van der Waals surface area contributed by atoms with Crippen molar-refractivity contribution in [1.29, 1.82) is 5.26 Å². The van der Waals surface area contributed by atoms with Gasteiger partial charge in [0.05, 0.1) is 78.8 Å². The number of amides is 1. The van der Waals surface area contributed by atoms with Gasteiger partial charge in [0, 0.05) is 43.3 Å². The molecule has 146 heavy (non-hydrogen) atoms. The van der Waals surface area contributed by atoms with Gasteiger partial charge >= 0.3 is 25.2 Å². The molecule has 11 unspecified atom stereocenters. The molecular weight excluding hydrogens is 1860 g/mol. The van der Waals surface area contributed by atoms with Crippen LogP contribution in [0, 0.1) is 89.3 Å². The van der Waals surface area contributed by atoms with Gasteiger partial charge in [-0.2, -0.15) is 5.26 Å². The molecule has 2 aliphatic heterocycles. The minimum atomic E-state index is -5.01. The van der Waals surface area contributed by atoms with Crippen LogP contribution in [0.25, 0.3) is 0 Å². The summed E-state index contributed by atoms with van der Waals surface area (Å²) in [7, 11) is -1.87. The molecule has 1 amide bonds. The zero-order chi connectivity index (χ0) is 106. The SMILES string of the molecule is COc1ccc(C(OC[C@H]2O[C@@H](n3ccc(=O)[nH]c3=O)C[C@@H]2OP(=O)(OCCC#N)OC[C@H]2O[C@@H](n3cc(C)c(=O)[nH]c3=O)C[C@@H]2OC(=O)CCC(=O)NC(c2ccccc2)c2cc(OCCC(C)CCCC(C)CCCC(C)CCCC(C)C)c(OCCC(C)CCCC(C)CCCC(C)CCCC(C)C)c(OCCC(C)CCCC(C)CCCC(C)CCCC(C)C)c2)(c2ccccc2)c2ccc(OC)cc2)cc1. The normalized spacial score (nSPS) is 18.5. The zero-order valence-corrected chi connectivity index (χ0v) is 92.7. The molecule has 17 atom stereocenters. The van der Waals surface area contributed by atoms with E-state index < -0.39 is 110 Å². The lowest BCUT2D eigenvalue weighted by molar-refractivity contribution is -0.154. The largest absolute Gasteiger partial charge is 0.497 e. The first-order chi connectivity index (χ1) is 70.1.